The summed E-state index contributed by atoms with van der Waals surface area (Å²) in [7, 11) is 1.60. The fraction of sp³-hybridized carbons (Fsp3) is 0.208. The highest BCUT2D eigenvalue weighted by Gasteiger charge is 2.13. The topological polar surface area (TPSA) is 56.8 Å². The van der Waals surface area contributed by atoms with Gasteiger partial charge in [-0.3, -0.25) is 4.79 Å². The van der Waals surface area contributed by atoms with Gasteiger partial charge in [0.15, 0.2) is 5.75 Å². The quantitative estimate of drug-likeness (QED) is 0.538. The third kappa shape index (κ3) is 5.59. The Morgan fingerprint density at radius 3 is 2.38 bits per heavy atom. The van der Waals surface area contributed by atoms with E-state index in [0.717, 1.165) is 5.56 Å². The van der Waals surface area contributed by atoms with Crippen molar-refractivity contribution in [3.63, 3.8) is 0 Å². The number of ether oxygens (including phenoxy) is 3. The largest absolute Gasteiger partial charge is 0.496 e. The lowest BCUT2D eigenvalue weighted by Crippen LogP contribution is -2.13. The molecule has 0 spiro atoms. The summed E-state index contributed by atoms with van der Waals surface area (Å²) in [6, 6.07) is 22.1. The molecule has 5 heteroatoms. The Kier molecular flexibility index (Phi) is 6.87. The normalized spacial score (nSPS) is 10.6. The molecule has 0 saturated carbocycles. The summed E-state index contributed by atoms with van der Waals surface area (Å²) in [4.78, 5) is 12.9. The number of carbonyl (C=O) groups is 1. The van der Waals surface area contributed by atoms with E-state index in [-0.39, 0.29) is 12.0 Å². The first-order valence-corrected chi connectivity index (χ1v) is 9.48. The summed E-state index contributed by atoms with van der Waals surface area (Å²) in [5.74, 6) is 1.73. The maximum absolute atomic E-state index is 12.9. The van der Waals surface area contributed by atoms with Gasteiger partial charge in [0.05, 0.1) is 25.5 Å². The zero-order valence-electron chi connectivity index (χ0n) is 16.8. The van der Waals surface area contributed by atoms with Gasteiger partial charge in [-0.2, -0.15) is 0 Å². The van der Waals surface area contributed by atoms with E-state index >= 15 is 0 Å². The molecule has 0 radical (unpaired) electrons. The fourth-order valence-electron chi connectivity index (χ4n) is 2.76. The van der Waals surface area contributed by atoms with E-state index in [2.05, 4.69) is 5.32 Å². The molecule has 29 heavy (non-hydrogen) atoms. The summed E-state index contributed by atoms with van der Waals surface area (Å²) in [5.41, 5.74) is 1.93. The summed E-state index contributed by atoms with van der Waals surface area (Å²) in [5, 5.41) is 2.93. The van der Waals surface area contributed by atoms with E-state index < -0.39 is 0 Å². The average Bonchev–Trinajstić information content (AvgIpc) is 2.74. The number of amides is 1. The van der Waals surface area contributed by atoms with Crippen LogP contribution in [0.15, 0.2) is 72.8 Å². The second-order valence-corrected chi connectivity index (χ2v) is 6.75. The predicted molar refractivity (Wildman–Crippen MR) is 114 cm³/mol. The van der Waals surface area contributed by atoms with Crippen LogP contribution in [0.25, 0.3) is 0 Å². The van der Waals surface area contributed by atoms with Crippen LogP contribution in [0.2, 0.25) is 0 Å². The fourth-order valence-corrected chi connectivity index (χ4v) is 2.76. The van der Waals surface area contributed by atoms with Crippen LogP contribution in [0, 0.1) is 0 Å². The Morgan fingerprint density at radius 2 is 1.66 bits per heavy atom. The van der Waals surface area contributed by atoms with Crippen LogP contribution in [-0.2, 0) is 11.3 Å². The SMILES string of the molecule is COc1ccc(C(=O)Nc2ccccc2Oc2ccccc2)cc1COC(C)C. The lowest BCUT2D eigenvalue weighted by atomic mass is 10.1. The summed E-state index contributed by atoms with van der Waals surface area (Å²) < 4.78 is 17.0. The van der Waals surface area contributed by atoms with Crippen molar-refractivity contribution in [1.82, 2.24) is 0 Å². The van der Waals surface area contributed by atoms with E-state index in [4.69, 9.17) is 14.2 Å². The standard InChI is InChI=1S/C24H25NO4/c1-17(2)28-16-19-15-18(13-14-22(19)27-3)24(26)25-21-11-7-8-12-23(21)29-20-9-5-4-6-10-20/h4-15,17H,16H2,1-3H3,(H,25,26). The monoisotopic (exact) mass is 391 g/mol. The molecule has 0 bridgehead atoms. The molecule has 0 fully saturated rings. The van der Waals surface area contributed by atoms with Crippen LogP contribution in [0.1, 0.15) is 29.8 Å². The molecular formula is C24H25NO4. The van der Waals surface area contributed by atoms with Crippen LogP contribution < -0.4 is 14.8 Å². The molecule has 0 aliphatic rings. The Balaban J connectivity index is 1.79. The first-order valence-electron chi connectivity index (χ1n) is 9.48. The smallest absolute Gasteiger partial charge is 0.255 e. The van der Waals surface area contributed by atoms with Gasteiger partial charge in [-0.25, -0.2) is 0 Å². The van der Waals surface area contributed by atoms with E-state index in [1.807, 2.05) is 68.4 Å². The van der Waals surface area contributed by atoms with Gasteiger partial charge in [0.2, 0.25) is 0 Å². The van der Waals surface area contributed by atoms with E-state index in [1.54, 1.807) is 25.3 Å². The van der Waals surface area contributed by atoms with E-state index in [0.29, 0.717) is 35.1 Å². The number of hydrogen-bond donors (Lipinski definition) is 1. The van der Waals surface area contributed by atoms with Crippen LogP contribution >= 0.6 is 0 Å². The Bertz CT molecular complexity index is 954. The van der Waals surface area contributed by atoms with Crippen molar-refractivity contribution in [2.24, 2.45) is 0 Å². The van der Waals surface area contributed by atoms with Gasteiger partial charge in [-0.15, -0.1) is 0 Å². The predicted octanol–water partition coefficient (Wildman–Crippen LogP) is 5.66. The van der Waals surface area contributed by atoms with Crippen molar-refractivity contribution >= 4 is 11.6 Å². The maximum atomic E-state index is 12.9. The molecule has 150 valence electrons. The summed E-state index contributed by atoms with van der Waals surface area (Å²) in [6.07, 6.45) is 0.0826. The number of hydrogen-bond acceptors (Lipinski definition) is 4. The molecule has 0 heterocycles. The van der Waals surface area contributed by atoms with Crippen LogP contribution in [0.5, 0.6) is 17.2 Å². The van der Waals surface area contributed by atoms with Crippen molar-refractivity contribution in [2.75, 3.05) is 12.4 Å². The highest BCUT2D eigenvalue weighted by molar-refractivity contribution is 6.05. The first kappa shape index (κ1) is 20.4. The minimum atomic E-state index is -0.234. The van der Waals surface area contributed by atoms with Crippen molar-refractivity contribution in [3.8, 4) is 17.2 Å². The maximum Gasteiger partial charge on any atom is 0.255 e. The Labute approximate surface area is 171 Å². The summed E-state index contributed by atoms with van der Waals surface area (Å²) in [6.45, 7) is 4.30. The average molecular weight is 391 g/mol. The van der Waals surface area contributed by atoms with Crippen molar-refractivity contribution in [1.29, 1.82) is 0 Å². The molecule has 1 N–H and O–H groups in total. The molecule has 5 nitrogen and oxygen atoms in total. The minimum absolute atomic E-state index is 0.0826. The molecular weight excluding hydrogens is 366 g/mol. The number of benzene rings is 3. The number of anilines is 1. The number of carbonyl (C=O) groups excluding carboxylic acids is 1. The minimum Gasteiger partial charge on any atom is -0.496 e. The lowest BCUT2D eigenvalue weighted by Gasteiger charge is -2.14. The highest BCUT2D eigenvalue weighted by Crippen LogP contribution is 2.30. The zero-order chi connectivity index (χ0) is 20.6. The van der Waals surface area contributed by atoms with Gasteiger partial charge in [0.1, 0.15) is 11.5 Å². The lowest BCUT2D eigenvalue weighted by molar-refractivity contribution is 0.0644. The molecule has 3 aromatic rings. The molecule has 0 atom stereocenters. The van der Waals surface area contributed by atoms with Gasteiger partial charge >= 0.3 is 0 Å². The number of para-hydroxylation sites is 3. The molecule has 3 aromatic carbocycles. The third-order valence-corrected chi connectivity index (χ3v) is 4.22. The van der Waals surface area contributed by atoms with Gasteiger partial charge in [0, 0.05) is 11.1 Å². The molecule has 0 aliphatic heterocycles. The van der Waals surface area contributed by atoms with Crippen LogP contribution in [-0.4, -0.2) is 19.1 Å². The van der Waals surface area contributed by atoms with Crippen molar-refractivity contribution in [3.05, 3.63) is 83.9 Å². The van der Waals surface area contributed by atoms with Crippen LogP contribution in [0.3, 0.4) is 0 Å². The number of rotatable bonds is 8. The van der Waals surface area contributed by atoms with Gasteiger partial charge in [0.25, 0.3) is 5.91 Å². The summed E-state index contributed by atoms with van der Waals surface area (Å²) >= 11 is 0. The molecule has 0 unspecified atom stereocenters. The zero-order valence-corrected chi connectivity index (χ0v) is 16.8. The molecule has 0 aromatic heterocycles. The number of methoxy groups -OCH3 is 1. The number of nitrogens with one attached hydrogen (secondary N) is 1. The van der Waals surface area contributed by atoms with Crippen molar-refractivity contribution < 1.29 is 19.0 Å². The van der Waals surface area contributed by atoms with Gasteiger partial charge in [-0.05, 0) is 56.3 Å². The molecule has 0 aliphatic carbocycles. The van der Waals surface area contributed by atoms with E-state index in [1.165, 1.54) is 0 Å². The Hall–Kier alpha value is -3.31. The second-order valence-electron chi connectivity index (χ2n) is 6.75. The second kappa shape index (κ2) is 9.75. The molecule has 1 amide bonds. The van der Waals surface area contributed by atoms with Crippen LogP contribution in [0.4, 0.5) is 5.69 Å². The van der Waals surface area contributed by atoms with Gasteiger partial charge < -0.3 is 19.5 Å². The third-order valence-electron chi connectivity index (χ3n) is 4.22. The Morgan fingerprint density at radius 1 is 0.931 bits per heavy atom. The molecule has 3 rings (SSSR count). The highest BCUT2D eigenvalue weighted by atomic mass is 16.5. The first-order chi connectivity index (χ1) is 14.1. The molecule has 0 saturated heterocycles. The van der Waals surface area contributed by atoms with Crippen molar-refractivity contribution in [2.45, 2.75) is 26.6 Å². The van der Waals surface area contributed by atoms with E-state index in [9.17, 15) is 4.79 Å². The van der Waals surface area contributed by atoms with Gasteiger partial charge in [-0.1, -0.05) is 30.3 Å².